The van der Waals surface area contributed by atoms with Crippen molar-refractivity contribution in [3.63, 3.8) is 0 Å². The molecule has 9 nitrogen and oxygen atoms in total. The van der Waals surface area contributed by atoms with Crippen LogP contribution in [-0.4, -0.2) is 57.1 Å². The number of imidazole rings is 1. The number of aromatic nitrogens is 4. The summed E-state index contributed by atoms with van der Waals surface area (Å²) in [6, 6.07) is -0.100. The second kappa shape index (κ2) is 5.99. The van der Waals surface area contributed by atoms with Gasteiger partial charge in [0.25, 0.3) is 0 Å². The van der Waals surface area contributed by atoms with E-state index in [1.807, 2.05) is 32.4 Å². The van der Waals surface area contributed by atoms with Crippen molar-refractivity contribution in [1.82, 2.24) is 19.5 Å². The molecule has 1 N–H and O–H groups in total. The summed E-state index contributed by atoms with van der Waals surface area (Å²) in [5.41, 5.74) is 0.779. The number of carbonyl (C=O) groups excluding carboxylic acids is 1. The molecule has 3 aliphatic rings. The van der Waals surface area contributed by atoms with E-state index in [4.69, 9.17) is 14.2 Å². The molecule has 2 saturated carbocycles. The van der Waals surface area contributed by atoms with Crippen LogP contribution in [0, 0.1) is 15.2 Å². The standard InChI is InChI=1S/C18H22IN5O4/c1-5-26-15(25)18-6-8(18)10(11-12(18)28-17(2,3)27-11)24-7-21-9-13(20-4)22-16(19)23-14(9)24/h7-8,10-12H,5-6H2,1-4H3,(H,20,22,23)/t8-,10-,11+,12+,18+/m1/s1. The average molecular weight is 499 g/mol. The summed E-state index contributed by atoms with van der Waals surface area (Å²) in [7, 11) is 1.81. The number of hydrogen-bond acceptors (Lipinski definition) is 8. The molecule has 5 atom stereocenters. The van der Waals surface area contributed by atoms with Crippen molar-refractivity contribution >= 4 is 45.5 Å². The van der Waals surface area contributed by atoms with Crippen molar-refractivity contribution in [2.45, 2.75) is 51.2 Å². The zero-order valence-electron chi connectivity index (χ0n) is 16.1. The number of halogens is 1. The van der Waals surface area contributed by atoms with Gasteiger partial charge in [-0.3, -0.25) is 4.79 Å². The first-order valence-corrected chi connectivity index (χ1v) is 10.5. The fourth-order valence-corrected chi connectivity index (χ4v) is 5.44. The molecule has 0 unspecified atom stereocenters. The van der Waals surface area contributed by atoms with Crippen LogP contribution < -0.4 is 5.32 Å². The highest BCUT2D eigenvalue weighted by molar-refractivity contribution is 14.1. The SMILES string of the molecule is CCOC(=O)[C@@]12C[C@@H]1[C@@H](n1cnc3c(NC)nc(I)nc31)[C@@H]1OC(C)(C)O[C@@H]12. The van der Waals surface area contributed by atoms with Gasteiger partial charge in [-0.1, -0.05) is 0 Å². The second-order valence-electron chi connectivity index (χ2n) is 8.00. The first-order valence-electron chi connectivity index (χ1n) is 9.43. The molecule has 150 valence electrons. The van der Waals surface area contributed by atoms with Crippen LogP contribution >= 0.6 is 22.6 Å². The van der Waals surface area contributed by atoms with Gasteiger partial charge in [-0.05, 0) is 27.2 Å². The molecule has 28 heavy (non-hydrogen) atoms. The molecule has 2 aliphatic carbocycles. The first kappa shape index (κ1) is 18.5. The van der Waals surface area contributed by atoms with Crippen LogP contribution in [0.4, 0.5) is 5.82 Å². The number of nitrogens with zero attached hydrogens (tertiary/aromatic N) is 4. The third-order valence-corrected chi connectivity index (χ3v) is 6.53. The number of anilines is 1. The lowest BCUT2D eigenvalue weighted by atomic mass is 9.99. The highest BCUT2D eigenvalue weighted by Gasteiger charge is 2.80. The van der Waals surface area contributed by atoms with E-state index in [1.165, 1.54) is 0 Å². The Balaban J connectivity index is 1.62. The summed E-state index contributed by atoms with van der Waals surface area (Å²) < 4.78 is 20.5. The molecule has 0 bridgehead atoms. The zero-order valence-corrected chi connectivity index (χ0v) is 18.3. The Morgan fingerprint density at radius 1 is 1.43 bits per heavy atom. The van der Waals surface area contributed by atoms with Gasteiger partial charge in [0.2, 0.25) is 0 Å². The zero-order chi connectivity index (χ0) is 19.8. The van der Waals surface area contributed by atoms with Crippen molar-refractivity contribution < 1.29 is 19.0 Å². The van der Waals surface area contributed by atoms with Gasteiger partial charge in [-0.2, -0.15) is 0 Å². The van der Waals surface area contributed by atoms with E-state index < -0.39 is 11.2 Å². The molecule has 3 heterocycles. The predicted octanol–water partition coefficient (Wildman–Crippen LogP) is 2.12. The molecule has 0 radical (unpaired) electrons. The largest absolute Gasteiger partial charge is 0.465 e. The molecule has 5 rings (SSSR count). The number of esters is 1. The van der Waals surface area contributed by atoms with Crippen molar-refractivity contribution in [1.29, 1.82) is 0 Å². The van der Waals surface area contributed by atoms with Gasteiger partial charge < -0.3 is 24.1 Å². The highest BCUT2D eigenvalue weighted by Crippen LogP contribution is 2.72. The molecule has 0 spiro atoms. The molecule has 0 aromatic carbocycles. The van der Waals surface area contributed by atoms with Gasteiger partial charge in [0, 0.05) is 35.6 Å². The summed E-state index contributed by atoms with van der Waals surface area (Å²) in [6.07, 6.45) is 1.89. The number of rotatable bonds is 4. The van der Waals surface area contributed by atoms with Crippen LogP contribution in [-0.2, 0) is 19.0 Å². The minimum Gasteiger partial charge on any atom is -0.465 e. The van der Waals surface area contributed by atoms with Crippen molar-refractivity contribution in [2.24, 2.45) is 11.3 Å². The molecule has 3 fully saturated rings. The van der Waals surface area contributed by atoms with Gasteiger partial charge in [0.05, 0.1) is 19.0 Å². The van der Waals surface area contributed by atoms with Crippen LogP contribution in [0.1, 0.15) is 33.2 Å². The number of ether oxygens (including phenoxy) is 3. The molecule has 1 aliphatic heterocycles. The molecular weight excluding hydrogens is 477 g/mol. The summed E-state index contributed by atoms with van der Waals surface area (Å²) >= 11 is 2.10. The minimum atomic E-state index is -0.753. The van der Waals surface area contributed by atoms with E-state index in [2.05, 4.69) is 42.9 Å². The molecule has 2 aromatic heterocycles. The third kappa shape index (κ3) is 2.37. The van der Waals surface area contributed by atoms with Gasteiger partial charge in [-0.25, -0.2) is 15.0 Å². The predicted molar refractivity (Wildman–Crippen MR) is 108 cm³/mol. The Morgan fingerprint density at radius 2 is 2.21 bits per heavy atom. The number of carbonyl (C=O) groups is 1. The van der Waals surface area contributed by atoms with Crippen molar-refractivity contribution in [2.75, 3.05) is 19.0 Å². The monoisotopic (exact) mass is 499 g/mol. The average Bonchev–Trinajstić information content (AvgIpc) is 2.97. The maximum atomic E-state index is 12.9. The fraction of sp³-hybridized carbons (Fsp3) is 0.667. The molecular formula is C18H22IN5O4. The lowest BCUT2D eigenvalue weighted by Crippen LogP contribution is -2.36. The van der Waals surface area contributed by atoms with Gasteiger partial charge in [0.15, 0.2) is 26.6 Å². The van der Waals surface area contributed by atoms with Crippen LogP contribution in [0.15, 0.2) is 6.33 Å². The van der Waals surface area contributed by atoms with Gasteiger partial charge in [-0.15, -0.1) is 0 Å². The Hall–Kier alpha value is -1.53. The smallest absolute Gasteiger partial charge is 0.315 e. The Kier molecular flexibility index (Phi) is 3.95. The summed E-state index contributed by atoms with van der Waals surface area (Å²) in [5.74, 6) is -0.195. The van der Waals surface area contributed by atoms with Crippen LogP contribution in [0.25, 0.3) is 11.2 Å². The maximum Gasteiger partial charge on any atom is 0.315 e. The van der Waals surface area contributed by atoms with E-state index in [1.54, 1.807) is 6.33 Å². The lowest BCUT2D eigenvalue weighted by Gasteiger charge is -2.24. The van der Waals surface area contributed by atoms with E-state index in [9.17, 15) is 4.79 Å². The molecule has 2 aromatic rings. The van der Waals surface area contributed by atoms with Crippen LogP contribution in [0.5, 0.6) is 0 Å². The topological polar surface area (TPSA) is 100 Å². The maximum absolute atomic E-state index is 12.9. The van der Waals surface area contributed by atoms with E-state index in [0.29, 0.717) is 21.8 Å². The van der Waals surface area contributed by atoms with E-state index in [-0.39, 0.29) is 30.1 Å². The number of nitrogens with one attached hydrogen (secondary N) is 1. The Bertz CT molecular complexity index is 978. The van der Waals surface area contributed by atoms with Crippen LogP contribution in [0.2, 0.25) is 0 Å². The molecule has 0 amide bonds. The number of fused-ring (bicyclic) bond motifs is 4. The summed E-state index contributed by atoms with van der Waals surface area (Å²) in [4.78, 5) is 26.4. The second-order valence-corrected chi connectivity index (χ2v) is 8.96. The third-order valence-electron chi connectivity index (χ3n) is 6.05. The fourth-order valence-electron chi connectivity index (χ4n) is 4.97. The lowest BCUT2D eigenvalue weighted by molar-refractivity contribution is -0.172. The molecule has 10 heteroatoms. The van der Waals surface area contributed by atoms with Crippen molar-refractivity contribution in [3.05, 3.63) is 10.2 Å². The van der Waals surface area contributed by atoms with E-state index >= 15 is 0 Å². The first-order chi connectivity index (χ1) is 13.3. The van der Waals surface area contributed by atoms with Gasteiger partial charge >= 0.3 is 5.97 Å². The Morgan fingerprint density at radius 3 is 2.93 bits per heavy atom. The highest BCUT2D eigenvalue weighted by atomic mass is 127. The quantitative estimate of drug-likeness (QED) is 0.388. The molecule has 1 saturated heterocycles. The minimum absolute atomic E-state index is 0.0701. The van der Waals surface area contributed by atoms with Crippen molar-refractivity contribution in [3.8, 4) is 0 Å². The number of hydrogen-bond donors (Lipinski definition) is 1. The van der Waals surface area contributed by atoms with Crippen LogP contribution in [0.3, 0.4) is 0 Å². The van der Waals surface area contributed by atoms with E-state index in [0.717, 1.165) is 12.1 Å². The summed E-state index contributed by atoms with van der Waals surface area (Å²) in [6.45, 7) is 5.95. The Labute approximate surface area is 175 Å². The van der Waals surface area contributed by atoms with Gasteiger partial charge in [0.1, 0.15) is 17.6 Å². The summed E-state index contributed by atoms with van der Waals surface area (Å²) in [5, 5.41) is 3.08. The normalized spacial score (nSPS) is 34.9.